The van der Waals surface area contributed by atoms with Gasteiger partial charge in [-0.15, -0.1) is 0 Å². The summed E-state index contributed by atoms with van der Waals surface area (Å²) in [6.45, 7) is 0.506. The molecule has 1 aromatic rings. The smallest absolute Gasteiger partial charge is 0.303 e. The van der Waals surface area contributed by atoms with E-state index in [-0.39, 0.29) is 24.7 Å². The Hall–Kier alpha value is -2.44. The minimum absolute atomic E-state index is 0.0552. The van der Waals surface area contributed by atoms with E-state index < -0.39 is 17.7 Å². The second-order valence-corrected chi connectivity index (χ2v) is 6.24. The van der Waals surface area contributed by atoms with E-state index in [0.29, 0.717) is 24.2 Å². The molecule has 1 unspecified atom stereocenters. The number of carboxylic acid groups (broad SMARTS) is 1. The molecule has 0 saturated heterocycles. The maximum absolute atomic E-state index is 13.3. The van der Waals surface area contributed by atoms with Gasteiger partial charge in [-0.25, -0.2) is 4.39 Å². The van der Waals surface area contributed by atoms with E-state index in [1.807, 2.05) is 0 Å². The molecular formula is C18H23FN2O4. The number of benzene rings is 1. The number of rotatable bonds is 9. The highest BCUT2D eigenvalue weighted by molar-refractivity contribution is 6.01. The second kappa shape index (κ2) is 9.15. The Morgan fingerprint density at radius 3 is 2.68 bits per heavy atom. The number of hydrogen-bond donors (Lipinski definition) is 3. The summed E-state index contributed by atoms with van der Waals surface area (Å²) in [5, 5.41) is 14.0. The first-order valence-corrected chi connectivity index (χ1v) is 8.56. The van der Waals surface area contributed by atoms with E-state index in [2.05, 4.69) is 10.6 Å². The molecule has 1 aromatic carbocycles. The Balaban J connectivity index is 1.74. The molecule has 2 amide bonds. The Morgan fingerprint density at radius 2 is 1.92 bits per heavy atom. The number of amides is 2. The molecule has 0 spiro atoms. The van der Waals surface area contributed by atoms with Crippen LogP contribution in [0, 0.1) is 5.82 Å². The number of carbonyl (C=O) groups excluding carboxylic acids is 2. The molecule has 7 heteroatoms. The van der Waals surface area contributed by atoms with Crippen molar-refractivity contribution in [2.45, 2.75) is 50.9 Å². The van der Waals surface area contributed by atoms with Crippen molar-refractivity contribution in [2.24, 2.45) is 0 Å². The van der Waals surface area contributed by atoms with Gasteiger partial charge in [0, 0.05) is 25.1 Å². The molecule has 6 nitrogen and oxygen atoms in total. The van der Waals surface area contributed by atoms with E-state index in [9.17, 15) is 18.8 Å². The van der Waals surface area contributed by atoms with Crippen molar-refractivity contribution < 1.29 is 23.9 Å². The van der Waals surface area contributed by atoms with Crippen molar-refractivity contribution >= 4 is 23.5 Å². The summed E-state index contributed by atoms with van der Waals surface area (Å²) < 4.78 is 13.3. The molecule has 0 saturated carbocycles. The molecule has 1 heterocycles. The zero-order valence-corrected chi connectivity index (χ0v) is 14.0. The average Bonchev–Trinajstić information content (AvgIpc) is 2.55. The zero-order valence-electron chi connectivity index (χ0n) is 14.0. The third-order valence-electron chi connectivity index (χ3n) is 4.24. The van der Waals surface area contributed by atoms with Crippen molar-refractivity contribution in [3.63, 3.8) is 0 Å². The average molecular weight is 350 g/mol. The van der Waals surface area contributed by atoms with Gasteiger partial charge in [-0.1, -0.05) is 25.3 Å². The Labute approximate surface area is 145 Å². The third-order valence-corrected chi connectivity index (χ3v) is 4.24. The molecule has 3 N–H and O–H groups in total. The monoisotopic (exact) mass is 350 g/mol. The number of fused-ring (bicyclic) bond motifs is 1. The van der Waals surface area contributed by atoms with Gasteiger partial charge in [0.05, 0.1) is 5.92 Å². The Morgan fingerprint density at radius 1 is 1.20 bits per heavy atom. The van der Waals surface area contributed by atoms with Crippen LogP contribution in [-0.2, 0) is 14.4 Å². The minimum atomic E-state index is -0.774. The van der Waals surface area contributed by atoms with Crippen LogP contribution in [-0.4, -0.2) is 29.4 Å². The van der Waals surface area contributed by atoms with Gasteiger partial charge in [-0.2, -0.15) is 0 Å². The third kappa shape index (κ3) is 5.85. The van der Waals surface area contributed by atoms with Gasteiger partial charge in [0.1, 0.15) is 5.82 Å². The molecule has 0 bridgehead atoms. The Kier molecular flexibility index (Phi) is 6.91. The first-order chi connectivity index (χ1) is 12.0. The lowest BCUT2D eigenvalue weighted by Crippen LogP contribution is -2.35. The first kappa shape index (κ1) is 18.9. The number of anilines is 1. The minimum Gasteiger partial charge on any atom is -0.481 e. The summed E-state index contributed by atoms with van der Waals surface area (Å²) in [6, 6.07) is 4.05. The normalized spacial score (nSPS) is 16.0. The maximum Gasteiger partial charge on any atom is 0.303 e. The van der Waals surface area contributed by atoms with Gasteiger partial charge in [0.2, 0.25) is 11.8 Å². The molecule has 1 aliphatic rings. The van der Waals surface area contributed by atoms with Crippen LogP contribution < -0.4 is 10.6 Å². The van der Waals surface area contributed by atoms with Gasteiger partial charge in [-0.3, -0.25) is 14.4 Å². The van der Waals surface area contributed by atoms with E-state index in [4.69, 9.17) is 5.11 Å². The number of nitrogens with one attached hydrogen (secondary N) is 2. The van der Waals surface area contributed by atoms with Crippen LogP contribution in [0.4, 0.5) is 10.1 Å². The fourth-order valence-corrected chi connectivity index (χ4v) is 2.94. The van der Waals surface area contributed by atoms with Crippen LogP contribution in [0.5, 0.6) is 0 Å². The largest absolute Gasteiger partial charge is 0.481 e. The topological polar surface area (TPSA) is 95.5 Å². The lowest BCUT2D eigenvalue weighted by atomic mass is 9.89. The number of carboxylic acids is 1. The summed E-state index contributed by atoms with van der Waals surface area (Å²) in [5.41, 5.74) is 0.988. The van der Waals surface area contributed by atoms with Gasteiger partial charge < -0.3 is 15.7 Å². The summed E-state index contributed by atoms with van der Waals surface area (Å²) in [7, 11) is 0. The van der Waals surface area contributed by atoms with Crippen LogP contribution in [0.3, 0.4) is 0 Å². The Bertz CT molecular complexity index is 648. The molecule has 0 aromatic heterocycles. The van der Waals surface area contributed by atoms with Crippen LogP contribution in [0.25, 0.3) is 0 Å². The van der Waals surface area contributed by atoms with E-state index in [1.54, 1.807) is 0 Å². The summed E-state index contributed by atoms with van der Waals surface area (Å²) >= 11 is 0. The fourth-order valence-electron chi connectivity index (χ4n) is 2.94. The molecule has 0 radical (unpaired) electrons. The molecule has 1 aliphatic heterocycles. The molecule has 25 heavy (non-hydrogen) atoms. The highest BCUT2D eigenvalue weighted by atomic mass is 19.1. The van der Waals surface area contributed by atoms with Crippen LogP contribution in [0.2, 0.25) is 0 Å². The van der Waals surface area contributed by atoms with E-state index >= 15 is 0 Å². The maximum atomic E-state index is 13.3. The molecule has 0 aliphatic carbocycles. The molecule has 2 rings (SSSR count). The number of unbranched alkanes of at least 4 members (excludes halogenated alkanes) is 4. The van der Waals surface area contributed by atoms with Crippen LogP contribution in [0.1, 0.15) is 56.4 Å². The highest BCUT2D eigenvalue weighted by Gasteiger charge is 2.30. The summed E-state index contributed by atoms with van der Waals surface area (Å²) in [5.74, 6) is -2.35. The number of carbonyl (C=O) groups is 3. The second-order valence-electron chi connectivity index (χ2n) is 6.24. The fraction of sp³-hybridized carbons (Fsp3) is 0.500. The molecule has 1 atom stereocenters. The van der Waals surface area contributed by atoms with Crippen LogP contribution >= 0.6 is 0 Å². The van der Waals surface area contributed by atoms with E-state index in [0.717, 1.165) is 25.7 Å². The molecule has 0 fully saturated rings. The van der Waals surface area contributed by atoms with Crippen molar-refractivity contribution in [2.75, 3.05) is 11.9 Å². The van der Waals surface area contributed by atoms with Gasteiger partial charge in [0.25, 0.3) is 0 Å². The number of aliphatic carboxylic acids is 1. The van der Waals surface area contributed by atoms with Crippen LogP contribution in [0.15, 0.2) is 18.2 Å². The molecule has 136 valence electrons. The number of hydrogen-bond acceptors (Lipinski definition) is 3. The standard InChI is InChI=1S/C18H23FN2O4/c19-12-7-8-13-14(11-16(22)21-15(13)10-12)18(25)20-9-5-3-1-2-4-6-17(23)24/h7-8,10,14H,1-6,9,11H2,(H,20,25)(H,21,22)(H,23,24). The lowest BCUT2D eigenvalue weighted by Gasteiger charge is -2.24. The number of halogens is 1. The van der Waals surface area contributed by atoms with Crippen molar-refractivity contribution in [1.82, 2.24) is 5.32 Å². The molecular weight excluding hydrogens is 327 g/mol. The zero-order chi connectivity index (χ0) is 18.2. The van der Waals surface area contributed by atoms with E-state index in [1.165, 1.54) is 18.2 Å². The highest BCUT2D eigenvalue weighted by Crippen LogP contribution is 2.32. The van der Waals surface area contributed by atoms with Crippen molar-refractivity contribution in [3.8, 4) is 0 Å². The van der Waals surface area contributed by atoms with Gasteiger partial charge in [0.15, 0.2) is 0 Å². The predicted octanol–water partition coefficient (Wildman–Crippen LogP) is 2.79. The van der Waals surface area contributed by atoms with Gasteiger partial charge in [-0.05, 0) is 30.5 Å². The summed E-state index contributed by atoms with van der Waals surface area (Å²) in [4.78, 5) is 34.5. The van der Waals surface area contributed by atoms with Crippen molar-refractivity contribution in [1.29, 1.82) is 0 Å². The van der Waals surface area contributed by atoms with Crippen molar-refractivity contribution in [3.05, 3.63) is 29.6 Å². The quantitative estimate of drug-likeness (QED) is 0.597. The lowest BCUT2D eigenvalue weighted by molar-refractivity contribution is -0.137. The first-order valence-electron chi connectivity index (χ1n) is 8.56. The predicted molar refractivity (Wildman–Crippen MR) is 90.7 cm³/mol. The SMILES string of the molecule is O=C(O)CCCCCCCNC(=O)C1CC(=O)Nc2cc(F)ccc21. The summed E-state index contributed by atoms with van der Waals surface area (Å²) in [6.07, 6.45) is 4.42. The van der Waals surface area contributed by atoms with Gasteiger partial charge >= 0.3 is 5.97 Å².